The maximum absolute atomic E-state index is 5.61. The fraction of sp³-hybridized carbons (Fsp3) is 0.429. The zero-order valence-corrected chi connectivity index (χ0v) is 12.7. The quantitative estimate of drug-likeness (QED) is 0.912. The van der Waals surface area contributed by atoms with Gasteiger partial charge in [0.15, 0.2) is 0 Å². The first kappa shape index (κ1) is 13.6. The van der Waals surface area contributed by atoms with Crippen molar-refractivity contribution >= 4 is 21.6 Å². The average Bonchev–Trinajstić information content (AvgIpc) is 3.11. The van der Waals surface area contributed by atoms with Crippen molar-refractivity contribution in [2.75, 3.05) is 11.9 Å². The third kappa shape index (κ3) is 3.58. The van der Waals surface area contributed by atoms with Crippen LogP contribution < -0.4 is 5.32 Å². The summed E-state index contributed by atoms with van der Waals surface area (Å²) >= 11 is 3.38. The summed E-state index contributed by atoms with van der Waals surface area (Å²) in [6.07, 6.45) is 8.26. The van der Waals surface area contributed by atoms with Gasteiger partial charge in [-0.3, -0.25) is 9.67 Å². The number of hydrogen-bond donors (Lipinski definition) is 1. The first-order chi connectivity index (χ1) is 9.79. The number of halogens is 1. The van der Waals surface area contributed by atoms with E-state index in [2.05, 4.69) is 31.3 Å². The van der Waals surface area contributed by atoms with Crippen molar-refractivity contribution in [1.82, 2.24) is 14.8 Å². The van der Waals surface area contributed by atoms with E-state index >= 15 is 0 Å². The van der Waals surface area contributed by atoms with Crippen LogP contribution in [0.2, 0.25) is 0 Å². The predicted octanol–water partition coefficient (Wildman–Crippen LogP) is 2.83. The van der Waals surface area contributed by atoms with Crippen LogP contribution in [0.5, 0.6) is 0 Å². The van der Waals surface area contributed by atoms with E-state index in [1.165, 1.54) is 0 Å². The van der Waals surface area contributed by atoms with Crippen molar-refractivity contribution < 1.29 is 4.74 Å². The molecule has 3 heterocycles. The molecular weight excluding hydrogens is 320 g/mol. The molecule has 0 amide bonds. The zero-order chi connectivity index (χ0) is 13.8. The molecule has 0 radical (unpaired) electrons. The summed E-state index contributed by atoms with van der Waals surface area (Å²) in [5, 5.41) is 7.68. The van der Waals surface area contributed by atoms with E-state index in [4.69, 9.17) is 4.74 Å². The standard InChI is InChI=1S/C14H17BrN4O/c15-11-3-4-12(16-6-11)7-17-13-8-18-19(9-13)10-14-2-1-5-20-14/h3-4,6,8-9,14,17H,1-2,5,7,10H2. The lowest BCUT2D eigenvalue weighted by Gasteiger charge is -2.08. The van der Waals surface area contributed by atoms with Gasteiger partial charge in [0, 0.05) is 23.5 Å². The summed E-state index contributed by atoms with van der Waals surface area (Å²) in [6, 6.07) is 3.98. The van der Waals surface area contributed by atoms with E-state index in [1.807, 2.05) is 29.2 Å². The van der Waals surface area contributed by atoms with Gasteiger partial charge in [-0.1, -0.05) is 0 Å². The highest BCUT2D eigenvalue weighted by molar-refractivity contribution is 9.10. The Balaban J connectivity index is 1.52. The predicted molar refractivity (Wildman–Crippen MR) is 80.5 cm³/mol. The van der Waals surface area contributed by atoms with Gasteiger partial charge in [-0.25, -0.2) is 0 Å². The molecule has 1 atom stereocenters. The van der Waals surface area contributed by atoms with Crippen LogP contribution >= 0.6 is 15.9 Å². The van der Waals surface area contributed by atoms with Crippen LogP contribution in [0.25, 0.3) is 0 Å². The molecule has 3 rings (SSSR count). The largest absolute Gasteiger partial charge is 0.377 e. The van der Waals surface area contributed by atoms with Gasteiger partial charge in [0.2, 0.25) is 0 Å². The third-order valence-electron chi connectivity index (χ3n) is 3.31. The lowest BCUT2D eigenvalue weighted by molar-refractivity contribution is 0.0940. The van der Waals surface area contributed by atoms with Gasteiger partial charge < -0.3 is 10.1 Å². The Morgan fingerprint density at radius 2 is 2.35 bits per heavy atom. The minimum Gasteiger partial charge on any atom is -0.377 e. The van der Waals surface area contributed by atoms with Crippen LogP contribution in [0, 0.1) is 0 Å². The normalized spacial score (nSPS) is 18.4. The first-order valence-corrected chi connectivity index (χ1v) is 7.57. The van der Waals surface area contributed by atoms with E-state index in [0.717, 1.165) is 41.8 Å². The fourth-order valence-electron chi connectivity index (χ4n) is 2.26. The number of anilines is 1. The number of nitrogens with zero attached hydrogens (tertiary/aromatic N) is 3. The number of pyridine rings is 1. The molecule has 1 saturated heterocycles. The summed E-state index contributed by atoms with van der Waals surface area (Å²) in [5.74, 6) is 0. The second-order valence-corrected chi connectivity index (χ2v) is 5.82. The summed E-state index contributed by atoms with van der Waals surface area (Å²) in [6.45, 7) is 2.41. The fourth-order valence-corrected chi connectivity index (χ4v) is 2.49. The van der Waals surface area contributed by atoms with Crippen molar-refractivity contribution in [3.05, 3.63) is 40.9 Å². The van der Waals surface area contributed by atoms with Crippen molar-refractivity contribution in [3.63, 3.8) is 0 Å². The smallest absolute Gasteiger partial charge is 0.0771 e. The molecule has 20 heavy (non-hydrogen) atoms. The molecule has 0 aromatic carbocycles. The molecule has 0 bridgehead atoms. The number of aromatic nitrogens is 3. The van der Waals surface area contributed by atoms with Crippen LogP contribution in [0.4, 0.5) is 5.69 Å². The highest BCUT2D eigenvalue weighted by Crippen LogP contribution is 2.15. The molecule has 5 nitrogen and oxygen atoms in total. The topological polar surface area (TPSA) is 52.0 Å². The summed E-state index contributed by atoms with van der Waals surface area (Å²) in [5.41, 5.74) is 2.01. The molecule has 2 aromatic heterocycles. The Hall–Kier alpha value is -1.40. The molecule has 106 valence electrons. The zero-order valence-electron chi connectivity index (χ0n) is 11.1. The number of ether oxygens (including phenoxy) is 1. The second-order valence-electron chi connectivity index (χ2n) is 4.91. The molecule has 1 fully saturated rings. The monoisotopic (exact) mass is 336 g/mol. The Morgan fingerprint density at radius 3 is 3.10 bits per heavy atom. The minimum atomic E-state index is 0.316. The van der Waals surface area contributed by atoms with Gasteiger partial charge in [0.25, 0.3) is 0 Å². The molecule has 1 N–H and O–H groups in total. The van der Waals surface area contributed by atoms with Gasteiger partial charge in [-0.2, -0.15) is 5.10 Å². The van der Waals surface area contributed by atoms with Crippen molar-refractivity contribution in [2.24, 2.45) is 0 Å². The van der Waals surface area contributed by atoms with Crippen LogP contribution in [-0.4, -0.2) is 27.5 Å². The van der Waals surface area contributed by atoms with Crippen LogP contribution in [0.15, 0.2) is 35.2 Å². The molecule has 0 aliphatic carbocycles. The van der Waals surface area contributed by atoms with Crippen LogP contribution in [0.1, 0.15) is 18.5 Å². The summed E-state index contributed by atoms with van der Waals surface area (Å²) in [7, 11) is 0. The molecule has 1 unspecified atom stereocenters. The van der Waals surface area contributed by atoms with E-state index in [9.17, 15) is 0 Å². The van der Waals surface area contributed by atoms with Crippen molar-refractivity contribution in [3.8, 4) is 0 Å². The average molecular weight is 337 g/mol. The van der Waals surface area contributed by atoms with E-state index in [1.54, 1.807) is 6.20 Å². The van der Waals surface area contributed by atoms with E-state index in [-0.39, 0.29) is 0 Å². The van der Waals surface area contributed by atoms with Gasteiger partial charge in [-0.15, -0.1) is 0 Å². The van der Waals surface area contributed by atoms with E-state index < -0.39 is 0 Å². The second kappa shape index (κ2) is 6.37. The maximum Gasteiger partial charge on any atom is 0.0771 e. The highest BCUT2D eigenvalue weighted by atomic mass is 79.9. The van der Waals surface area contributed by atoms with Gasteiger partial charge >= 0.3 is 0 Å². The lowest BCUT2D eigenvalue weighted by atomic mass is 10.2. The first-order valence-electron chi connectivity index (χ1n) is 6.78. The molecular formula is C14H17BrN4O. The van der Waals surface area contributed by atoms with Gasteiger partial charge in [0.05, 0.1) is 36.8 Å². The third-order valence-corrected chi connectivity index (χ3v) is 3.78. The molecule has 1 aliphatic heterocycles. The maximum atomic E-state index is 5.61. The van der Waals surface area contributed by atoms with Gasteiger partial charge in [0.1, 0.15) is 0 Å². The SMILES string of the molecule is Brc1ccc(CNc2cnn(CC3CCCO3)c2)nc1. The molecule has 6 heteroatoms. The Morgan fingerprint density at radius 1 is 1.40 bits per heavy atom. The summed E-state index contributed by atoms with van der Waals surface area (Å²) < 4.78 is 8.54. The highest BCUT2D eigenvalue weighted by Gasteiger charge is 2.16. The molecule has 0 spiro atoms. The Labute approximate surface area is 126 Å². The van der Waals surface area contributed by atoms with Gasteiger partial charge in [-0.05, 0) is 40.9 Å². The Kier molecular flexibility index (Phi) is 4.32. The lowest BCUT2D eigenvalue weighted by Crippen LogP contribution is -2.15. The molecule has 1 aliphatic rings. The van der Waals surface area contributed by atoms with Crippen molar-refractivity contribution in [2.45, 2.75) is 32.0 Å². The number of hydrogen-bond acceptors (Lipinski definition) is 4. The van der Waals surface area contributed by atoms with Crippen LogP contribution in [-0.2, 0) is 17.8 Å². The Bertz CT molecular complexity index is 549. The van der Waals surface area contributed by atoms with Crippen molar-refractivity contribution in [1.29, 1.82) is 0 Å². The number of rotatable bonds is 5. The minimum absolute atomic E-state index is 0.316. The van der Waals surface area contributed by atoms with E-state index in [0.29, 0.717) is 12.6 Å². The molecule has 0 saturated carbocycles. The van der Waals surface area contributed by atoms with Crippen LogP contribution in [0.3, 0.4) is 0 Å². The summed E-state index contributed by atoms with van der Waals surface area (Å²) in [4.78, 5) is 4.33. The number of nitrogens with one attached hydrogen (secondary N) is 1. The molecule has 2 aromatic rings.